The lowest BCUT2D eigenvalue weighted by atomic mass is 10.2. The third kappa shape index (κ3) is 1.88. The van der Waals surface area contributed by atoms with E-state index in [1.54, 1.807) is 7.11 Å². The Hall–Kier alpha value is -2.50. The predicted molar refractivity (Wildman–Crippen MR) is 72.3 cm³/mol. The first-order valence-corrected chi connectivity index (χ1v) is 5.47. The Kier molecular flexibility index (Phi) is 2.60. The van der Waals surface area contributed by atoms with Crippen molar-refractivity contribution in [3.63, 3.8) is 0 Å². The van der Waals surface area contributed by atoms with E-state index in [4.69, 9.17) is 4.74 Å². The van der Waals surface area contributed by atoms with Crippen LogP contribution in [0.3, 0.4) is 0 Å². The summed E-state index contributed by atoms with van der Waals surface area (Å²) in [4.78, 5) is 16.5. The van der Waals surface area contributed by atoms with Gasteiger partial charge in [-0.05, 0) is 24.3 Å². The van der Waals surface area contributed by atoms with Crippen molar-refractivity contribution in [1.29, 1.82) is 0 Å². The van der Waals surface area contributed by atoms with Crippen molar-refractivity contribution >= 4 is 30.0 Å². The SMILES string of the molecule is COc1ccc(NC2=NC=NC3=NC=N[C@H]32)cc1. The Balaban J connectivity index is 1.79. The normalized spacial score (nSPS) is 20.2. The Bertz CT molecular complexity index is 571. The molecule has 2 aliphatic rings. The van der Waals surface area contributed by atoms with Crippen LogP contribution in [0.15, 0.2) is 44.2 Å². The number of methoxy groups -OCH3 is 1. The highest BCUT2D eigenvalue weighted by molar-refractivity contribution is 6.23. The van der Waals surface area contributed by atoms with Gasteiger partial charge in [0.1, 0.15) is 24.3 Å². The van der Waals surface area contributed by atoms with Gasteiger partial charge in [-0.15, -0.1) is 0 Å². The van der Waals surface area contributed by atoms with E-state index in [0.717, 1.165) is 17.3 Å². The fourth-order valence-electron chi connectivity index (χ4n) is 1.74. The van der Waals surface area contributed by atoms with E-state index >= 15 is 0 Å². The first-order chi connectivity index (χ1) is 8.86. The first-order valence-electron chi connectivity index (χ1n) is 5.47. The fourth-order valence-corrected chi connectivity index (χ4v) is 1.74. The molecule has 0 bridgehead atoms. The second-order valence-corrected chi connectivity index (χ2v) is 3.77. The number of ether oxygens (including phenoxy) is 1. The van der Waals surface area contributed by atoms with E-state index < -0.39 is 0 Å². The minimum Gasteiger partial charge on any atom is -0.497 e. The zero-order chi connectivity index (χ0) is 12.4. The molecule has 0 saturated carbocycles. The van der Waals surface area contributed by atoms with Crippen LogP contribution in [-0.4, -0.2) is 37.5 Å². The third-order valence-electron chi connectivity index (χ3n) is 2.66. The van der Waals surface area contributed by atoms with Gasteiger partial charge >= 0.3 is 0 Å². The van der Waals surface area contributed by atoms with Gasteiger partial charge in [0.2, 0.25) is 0 Å². The van der Waals surface area contributed by atoms with Crippen LogP contribution in [0.5, 0.6) is 5.75 Å². The Morgan fingerprint density at radius 1 is 1.11 bits per heavy atom. The van der Waals surface area contributed by atoms with Gasteiger partial charge in [-0.2, -0.15) is 0 Å². The maximum atomic E-state index is 5.11. The summed E-state index contributed by atoms with van der Waals surface area (Å²) in [5.74, 6) is 2.21. The molecule has 90 valence electrons. The molecule has 18 heavy (non-hydrogen) atoms. The number of aliphatic imine (C=N–C) groups is 4. The molecule has 0 unspecified atom stereocenters. The third-order valence-corrected chi connectivity index (χ3v) is 2.66. The first kappa shape index (κ1) is 10.6. The van der Waals surface area contributed by atoms with Gasteiger partial charge in [0.25, 0.3) is 0 Å². The molecule has 1 N–H and O–H groups in total. The largest absolute Gasteiger partial charge is 0.497 e. The van der Waals surface area contributed by atoms with Gasteiger partial charge in [-0.25, -0.2) is 15.0 Å². The van der Waals surface area contributed by atoms with Gasteiger partial charge < -0.3 is 10.1 Å². The summed E-state index contributed by atoms with van der Waals surface area (Å²) in [5, 5.41) is 3.21. The summed E-state index contributed by atoms with van der Waals surface area (Å²) in [5.41, 5.74) is 0.923. The number of amidine groups is 2. The number of benzene rings is 1. The van der Waals surface area contributed by atoms with E-state index in [9.17, 15) is 0 Å². The van der Waals surface area contributed by atoms with Crippen LogP contribution >= 0.6 is 0 Å². The summed E-state index contributed by atoms with van der Waals surface area (Å²) in [6.07, 6.45) is 2.99. The van der Waals surface area contributed by atoms with Gasteiger partial charge in [-0.3, -0.25) is 4.99 Å². The maximum Gasteiger partial charge on any atom is 0.169 e. The predicted octanol–water partition coefficient (Wildman–Crippen LogP) is 1.36. The van der Waals surface area contributed by atoms with E-state index in [1.807, 2.05) is 24.3 Å². The molecule has 0 fully saturated rings. The minimum absolute atomic E-state index is 0.211. The number of anilines is 1. The molecule has 3 rings (SSSR count). The number of nitrogens with one attached hydrogen (secondary N) is 1. The number of fused-ring (bicyclic) bond motifs is 1. The zero-order valence-electron chi connectivity index (χ0n) is 9.74. The van der Waals surface area contributed by atoms with Crippen molar-refractivity contribution in [3.8, 4) is 5.75 Å². The molecule has 0 aliphatic carbocycles. The number of nitrogens with zero attached hydrogens (tertiary/aromatic N) is 4. The number of rotatable bonds is 2. The Morgan fingerprint density at radius 2 is 1.94 bits per heavy atom. The summed E-state index contributed by atoms with van der Waals surface area (Å²) in [7, 11) is 1.64. The van der Waals surface area contributed by atoms with Gasteiger partial charge in [0.05, 0.1) is 7.11 Å². The average Bonchev–Trinajstić information content (AvgIpc) is 2.89. The molecule has 1 atom stereocenters. The van der Waals surface area contributed by atoms with Crippen LogP contribution < -0.4 is 10.1 Å². The molecule has 0 radical (unpaired) electrons. The van der Waals surface area contributed by atoms with Gasteiger partial charge in [0, 0.05) is 5.69 Å². The Morgan fingerprint density at radius 3 is 2.72 bits per heavy atom. The maximum absolute atomic E-state index is 5.11. The monoisotopic (exact) mass is 241 g/mol. The van der Waals surface area contributed by atoms with Crippen LogP contribution in [0.4, 0.5) is 5.69 Å². The molecule has 2 aliphatic heterocycles. The smallest absolute Gasteiger partial charge is 0.169 e. The highest BCUT2D eigenvalue weighted by Crippen LogP contribution is 2.17. The molecule has 0 spiro atoms. The number of hydrogen-bond donors (Lipinski definition) is 1. The van der Waals surface area contributed by atoms with Gasteiger partial charge in [0.15, 0.2) is 11.9 Å². The van der Waals surface area contributed by atoms with E-state index in [-0.39, 0.29) is 6.04 Å². The average molecular weight is 241 g/mol. The highest BCUT2D eigenvalue weighted by atomic mass is 16.5. The van der Waals surface area contributed by atoms with Crippen molar-refractivity contribution in [2.24, 2.45) is 20.0 Å². The molecule has 6 nitrogen and oxygen atoms in total. The van der Waals surface area contributed by atoms with Gasteiger partial charge in [-0.1, -0.05) is 0 Å². The van der Waals surface area contributed by atoms with Crippen molar-refractivity contribution in [2.45, 2.75) is 6.04 Å². The van der Waals surface area contributed by atoms with Crippen molar-refractivity contribution < 1.29 is 4.74 Å². The summed E-state index contributed by atoms with van der Waals surface area (Å²) < 4.78 is 5.11. The molecular formula is C12H11N5O. The Labute approximate surface area is 104 Å². The van der Waals surface area contributed by atoms with E-state index in [0.29, 0.717) is 5.84 Å². The topological polar surface area (TPSA) is 70.7 Å². The minimum atomic E-state index is -0.211. The van der Waals surface area contributed by atoms with Crippen molar-refractivity contribution in [1.82, 2.24) is 0 Å². The second kappa shape index (κ2) is 4.40. The molecule has 1 aromatic rings. The summed E-state index contributed by atoms with van der Waals surface area (Å²) in [6, 6.07) is 7.39. The quantitative estimate of drug-likeness (QED) is 0.849. The van der Waals surface area contributed by atoms with E-state index in [2.05, 4.69) is 25.3 Å². The molecule has 6 heteroatoms. The molecule has 0 amide bonds. The molecule has 2 heterocycles. The van der Waals surface area contributed by atoms with Crippen LogP contribution in [-0.2, 0) is 0 Å². The lowest BCUT2D eigenvalue weighted by Crippen LogP contribution is -2.33. The van der Waals surface area contributed by atoms with Crippen LogP contribution in [0, 0.1) is 0 Å². The van der Waals surface area contributed by atoms with E-state index in [1.165, 1.54) is 12.7 Å². The molecular weight excluding hydrogens is 230 g/mol. The van der Waals surface area contributed by atoms with Crippen LogP contribution in [0.1, 0.15) is 0 Å². The van der Waals surface area contributed by atoms with Crippen LogP contribution in [0.2, 0.25) is 0 Å². The van der Waals surface area contributed by atoms with Crippen molar-refractivity contribution in [3.05, 3.63) is 24.3 Å². The highest BCUT2D eigenvalue weighted by Gasteiger charge is 2.26. The molecule has 1 aromatic carbocycles. The van der Waals surface area contributed by atoms with Crippen LogP contribution in [0.25, 0.3) is 0 Å². The summed E-state index contributed by atoms with van der Waals surface area (Å²) in [6.45, 7) is 0. The number of hydrogen-bond acceptors (Lipinski definition) is 6. The second-order valence-electron chi connectivity index (χ2n) is 3.77. The fraction of sp³-hybridized carbons (Fsp3) is 0.167. The molecule has 0 aromatic heterocycles. The lowest BCUT2D eigenvalue weighted by molar-refractivity contribution is 0.415. The lowest BCUT2D eigenvalue weighted by Gasteiger charge is -2.16. The summed E-state index contributed by atoms with van der Waals surface area (Å²) >= 11 is 0. The van der Waals surface area contributed by atoms with Crippen molar-refractivity contribution in [2.75, 3.05) is 12.4 Å². The zero-order valence-corrected chi connectivity index (χ0v) is 9.74. The standard InChI is InChI=1S/C12H11N5O/c1-18-9-4-2-8(3-5-9)17-12-10-11(14-6-13-10)15-7-16-12/h2-7,10H,1H3,(H,13,14,15,16,17)/t10-/m1/s1. The molecule has 0 saturated heterocycles.